The minimum atomic E-state index is -0.00749. The molecule has 0 aliphatic rings. The van der Waals surface area contributed by atoms with Gasteiger partial charge in [-0.05, 0) is 30.0 Å². The van der Waals surface area contributed by atoms with E-state index in [0.717, 1.165) is 4.88 Å². The molecule has 0 saturated heterocycles. The highest BCUT2D eigenvalue weighted by atomic mass is 32.1. The van der Waals surface area contributed by atoms with Crippen molar-refractivity contribution < 1.29 is 4.79 Å². The van der Waals surface area contributed by atoms with E-state index in [2.05, 4.69) is 4.98 Å². The number of pyridine rings is 1. The maximum atomic E-state index is 11.8. The first-order chi connectivity index (χ1) is 8.27. The lowest BCUT2D eigenvalue weighted by Gasteiger charge is -2.01. The topological polar surface area (TPSA) is 53.8 Å². The average Bonchev–Trinajstić information content (AvgIpc) is 2.90. The van der Waals surface area contributed by atoms with Gasteiger partial charge in [-0.2, -0.15) is 0 Å². The van der Waals surface area contributed by atoms with Crippen molar-refractivity contribution in [2.75, 3.05) is 0 Å². The summed E-state index contributed by atoms with van der Waals surface area (Å²) in [5.41, 5.74) is 0.996. The molecule has 0 unspecified atom stereocenters. The van der Waals surface area contributed by atoms with Crippen LogP contribution in [0.1, 0.15) is 28.2 Å². The van der Waals surface area contributed by atoms with Gasteiger partial charge in [0.25, 0.3) is 0 Å². The second-order valence-corrected chi connectivity index (χ2v) is 4.54. The predicted molar refractivity (Wildman–Crippen MR) is 68.9 cm³/mol. The zero-order chi connectivity index (χ0) is 12.1. The van der Waals surface area contributed by atoms with Crippen LogP contribution in [0.3, 0.4) is 0 Å². The Morgan fingerprint density at radius 1 is 1.24 bits per heavy atom. The molecule has 0 aliphatic heterocycles. The van der Waals surface area contributed by atoms with E-state index in [9.17, 15) is 4.79 Å². The highest BCUT2D eigenvalue weighted by Gasteiger charge is 2.09. The summed E-state index contributed by atoms with van der Waals surface area (Å²) >= 11 is 1.53. The number of hydrogen-bond donors (Lipinski definition) is 1. The Morgan fingerprint density at radius 3 is 2.76 bits per heavy atom. The number of hydrogen-bond acceptors (Lipinski definition) is 4. The van der Waals surface area contributed by atoms with Crippen LogP contribution in [0.15, 0.2) is 41.9 Å². The Balaban J connectivity index is 1.91. The lowest BCUT2D eigenvalue weighted by Crippen LogP contribution is -2.05. The molecule has 86 valence electrons. The number of nitrogens with zero attached hydrogens (tertiary/aromatic N) is 1. The molecule has 1 N–H and O–H groups in total. The molecule has 0 fully saturated rings. The van der Waals surface area contributed by atoms with E-state index in [1.165, 1.54) is 11.3 Å². The minimum absolute atomic E-state index is 0.00749. The molecule has 0 aliphatic carbocycles. The van der Waals surface area contributed by atoms with Crippen molar-refractivity contribution >= 4 is 22.8 Å². The summed E-state index contributed by atoms with van der Waals surface area (Å²) in [6, 6.07) is 9.10. The minimum Gasteiger partial charge on any atom is -0.304 e. The number of nitrogens with one attached hydrogen (secondary N) is 1. The van der Waals surface area contributed by atoms with E-state index in [-0.39, 0.29) is 5.78 Å². The fourth-order valence-electron chi connectivity index (χ4n) is 1.47. The monoisotopic (exact) mass is 244 g/mol. The largest absolute Gasteiger partial charge is 0.304 e. The van der Waals surface area contributed by atoms with Gasteiger partial charge < -0.3 is 5.41 Å². The van der Waals surface area contributed by atoms with Crippen LogP contribution in [-0.2, 0) is 0 Å². The van der Waals surface area contributed by atoms with Gasteiger partial charge >= 0.3 is 0 Å². The first-order valence-electron chi connectivity index (χ1n) is 5.33. The second kappa shape index (κ2) is 5.50. The zero-order valence-electron chi connectivity index (χ0n) is 9.22. The number of ketones is 1. The molecule has 0 saturated carbocycles. The number of Topliss-reactive ketones (excluding diaryl/α,β-unsaturated/α-hetero) is 1. The van der Waals surface area contributed by atoms with Gasteiger partial charge in [0.2, 0.25) is 0 Å². The van der Waals surface area contributed by atoms with Crippen LogP contribution in [0.5, 0.6) is 0 Å². The first-order valence-corrected chi connectivity index (χ1v) is 6.21. The van der Waals surface area contributed by atoms with E-state index >= 15 is 0 Å². The number of rotatable bonds is 5. The molecular weight excluding hydrogens is 232 g/mol. The van der Waals surface area contributed by atoms with Gasteiger partial charge in [-0.15, -0.1) is 11.3 Å². The molecule has 0 spiro atoms. The quantitative estimate of drug-likeness (QED) is 0.648. The van der Waals surface area contributed by atoms with Crippen molar-refractivity contribution in [2.45, 2.75) is 12.8 Å². The standard InChI is InChI=1S/C13H12N2OS/c14-10(13-5-3-9-17-13)6-7-12(16)11-4-1-2-8-15-11/h1-5,8-9,14H,6-7H2. The fraction of sp³-hybridized carbons (Fsp3) is 0.154. The molecular formula is C13H12N2OS. The van der Waals surface area contributed by atoms with Gasteiger partial charge in [0, 0.05) is 23.2 Å². The van der Waals surface area contributed by atoms with Crippen LogP contribution in [0.2, 0.25) is 0 Å². The molecule has 2 heterocycles. The summed E-state index contributed by atoms with van der Waals surface area (Å²) in [7, 11) is 0. The van der Waals surface area contributed by atoms with Gasteiger partial charge in [-0.1, -0.05) is 12.1 Å². The Labute approximate surface area is 104 Å². The first kappa shape index (κ1) is 11.7. The lowest BCUT2D eigenvalue weighted by atomic mass is 10.1. The predicted octanol–water partition coefficient (Wildman–Crippen LogP) is 3.17. The van der Waals surface area contributed by atoms with Crippen molar-refractivity contribution in [2.24, 2.45) is 0 Å². The number of carbonyl (C=O) groups excluding carboxylic acids is 1. The smallest absolute Gasteiger partial charge is 0.181 e. The summed E-state index contributed by atoms with van der Waals surface area (Å²) < 4.78 is 0. The van der Waals surface area contributed by atoms with Crippen molar-refractivity contribution in [1.82, 2.24) is 4.98 Å². The normalized spacial score (nSPS) is 10.1. The van der Waals surface area contributed by atoms with Crippen molar-refractivity contribution in [3.63, 3.8) is 0 Å². The molecule has 3 nitrogen and oxygen atoms in total. The maximum Gasteiger partial charge on any atom is 0.181 e. The summed E-state index contributed by atoms with van der Waals surface area (Å²) in [4.78, 5) is 16.7. The summed E-state index contributed by atoms with van der Waals surface area (Å²) in [6.07, 6.45) is 2.42. The summed E-state index contributed by atoms with van der Waals surface area (Å²) in [6.45, 7) is 0. The highest BCUT2D eigenvalue weighted by Crippen LogP contribution is 2.13. The highest BCUT2D eigenvalue weighted by molar-refractivity contribution is 7.12. The lowest BCUT2D eigenvalue weighted by molar-refractivity contribution is 0.0980. The van der Waals surface area contributed by atoms with Crippen LogP contribution < -0.4 is 0 Å². The van der Waals surface area contributed by atoms with Crippen LogP contribution in [0.25, 0.3) is 0 Å². The summed E-state index contributed by atoms with van der Waals surface area (Å²) in [5.74, 6) is -0.00749. The van der Waals surface area contributed by atoms with E-state index in [4.69, 9.17) is 5.41 Å². The van der Waals surface area contributed by atoms with Crippen LogP contribution in [0.4, 0.5) is 0 Å². The SMILES string of the molecule is N=C(CCC(=O)c1ccccn1)c1cccs1. The molecule has 2 aromatic rings. The third-order valence-corrected chi connectivity index (χ3v) is 3.30. The third-order valence-electron chi connectivity index (χ3n) is 2.37. The van der Waals surface area contributed by atoms with Gasteiger partial charge in [0.1, 0.15) is 5.69 Å². The number of aromatic nitrogens is 1. The van der Waals surface area contributed by atoms with Crippen molar-refractivity contribution in [1.29, 1.82) is 5.41 Å². The van der Waals surface area contributed by atoms with E-state index in [1.807, 2.05) is 17.5 Å². The van der Waals surface area contributed by atoms with Gasteiger partial charge in [0.15, 0.2) is 5.78 Å². The molecule has 0 aromatic carbocycles. The van der Waals surface area contributed by atoms with Crippen molar-refractivity contribution in [3.05, 3.63) is 52.5 Å². The third kappa shape index (κ3) is 3.07. The molecule has 2 rings (SSSR count). The molecule has 0 amide bonds. The maximum absolute atomic E-state index is 11.8. The van der Waals surface area contributed by atoms with Crippen LogP contribution >= 0.6 is 11.3 Å². The van der Waals surface area contributed by atoms with Crippen LogP contribution in [0, 0.1) is 5.41 Å². The fourth-order valence-corrected chi connectivity index (χ4v) is 2.17. The Kier molecular flexibility index (Phi) is 3.77. The van der Waals surface area contributed by atoms with E-state index in [1.54, 1.807) is 24.4 Å². The Morgan fingerprint density at radius 2 is 2.12 bits per heavy atom. The zero-order valence-corrected chi connectivity index (χ0v) is 10.0. The molecule has 2 aromatic heterocycles. The van der Waals surface area contributed by atoms with E-state index in [0.29, 0.717) is 24.2 Å². The van der Waals surface area contributed by atoms with Crippen molar-refractivity contribution in [3.8, 4) is 0 Å². The summed E-state index contributed by atoms with van der Waals surface area (Å²) in [5, 5.41) is 9.77. The molecule has 0 bridgehead atoms. The average molecular weight is 244 g/mol. The van der Waals surface area contributed by atoms with Gasteiger partial charge in [-0.25, -0.2) is 0 Å². The molecule has 4 heteroatoms. The van der Waals surface area contributed by atoms with Gasteiger partial charge in [-0.3, -0.25) is 9.78 Å². The molecule has 0 atom stereocenters. The Hall–Kier alpha value is -1.81. The van der Waals surface area contributed by atoms with Crippen LogP contribution in [-0.4, -0.2) is 16.5 Å². The Bertz CT molecular complexity index is 505. The molecule has 0 radical (unpaired) electrons. The second-order valence-electron chi connectivity index (χ2n) is 3.59. The number of carbonyl (C=O) groups is 1. The molecule has 17 heavy (non-hydrogen) atoms. The van der Waals surface area contributed by atoms with Gasteiger partial charge in [0.05, 0.1) is 0 Å². The van der Waals surface area contributed by atoms with E-state index < -0.39 is 0 Å². The number of thiophene rings is 1.